The number of quaternary nitrogens is 1. The van der Waals surface area contributed by atoms with Crippen molar-refractivity contribution in [1.82, 2.24) is 14.9 Å². The number of benzene rings is 2. The maximum Gasteiger partial charge on any atom is 0.416 e. The average Bonchev–Trinajstić information content (AvgIpc) is 3.52. The van der Waals surface area contributed by atoms with E-state index in [-0.39, 0.29) is 23.1 Å². The van der Waals surface area contributed by atoms with Crippen LogP contribution < -0.4 is 19.9 Å². The lowest BCUT2D eigenvalue weighted by molar-refractivity contribution is -0.825. The number of anilines is 1. The number of nitrogens with zero attached hydrogens (tertiary/aromatic N) is 4. The Morgan fingerprint density at radius 1 is 1.11 bits per heavy atom. The Hall–Kier alpha value is -4.34. The van der Waals surface area contributed by atoms with Gasteiger partial charge in [-0.15, -0.1) is 0 Å². The van der Waals surface area contributed by atoms with Crippen LogP contribution in [0.25, 0.3) is 16.5 Å². The van der Waals surface area contributed by atoms with Gasteiger partial charge in [-0.1, -0.05) is 22.9 Å². The van der Waals surface area contributed by atoms with E-state index in [1.165, 1.54) is 52.8 Å². The number of aliphatic hydroxyl groups is 1. The molecule has 0 spiro atoms. The number of carbonyl (C=O) groups is 2. The minimum absolute atomic E-state index is 0.0296. The first kappa shape index (κ1) is 31.6. The third-order valence-electron chi connectivity index (χ3n) is 7.73. The molecule has 4 N–H and O–H groups in total. The highest BCUT2D eigenvalue weighted by atomic mass is 33.1. The van der Waals surface area contributed by atoms with Crippen LogP contribution in [-0.4, -0.2) is 75.5 Å². The number of carbonyl (C=O) groups excluding carboxylic acids is 2. The zero-order valence-corrected chi connectivity index (χ0v) is 26.8. The van der Waals surface area contributed by atoms with E-state index in [0.29, 0.717) is 23.6 Å². The summed E-state index contributed by atoms with van der Waals surface area (Å²) in [5.74, 6) is 0.201. The molecule has 2 amide bonds. The molecule has 4 heterocycles. The van der Waals surface area contributed by atoms with E-state index < -0.39 is 24.3 Å². The van der Waals surface area contributed by atoms with E-state index in [1.54, 1.807) is 30.7 Å². The van der Waals surface area contributed by atoms with Crippen molar-refractivity contribution >= 4 is 61.4 Å². The molecule has 0 unspecified atom stereocenters. The fraction of sp³-hybridized carbons (Fsp3) is 0.250. The highest BCUT2D eigenvalue weighted by molar-refractivity contribution is 8.76. The number of amides is 2. The predicted molar refractivity (Wildman–Crippen MR) is 174 cm³/mol. The summed E-state index contributed by atoms with van der Waals surface area (Å²) in [6.07, 6.45) is 3.08. The first-order valence-electron chi connectivity index (χ1n) is 14.4. The number of hydrogen-bond donors (Lipinski definition) is 3. The van der Waals surface area contributed by atoms with Crippen molar-refractivity contribution in [3.05, 3.63) is 84.3 Å². The summed E-state index contributed by atoms with van der Waals surface area (Å²) in [5, 5.41) is 22.5. The molecular formula is C32H32N5O7S2+. The minimum Gasteiger partial charge on any atom is -0.493 e. The molecule has 2 aliphatic heterocycles. The Labute approximate surface area is 272 Å². The molecule has 0 saturated carbocycles. The number of aromatic nitrogens is 2. The lowest BCUT2D eigenvalue weighted by atomic mass is 9.99. The number of hydrogen-bond acceptors (Lipinski definition) is 11. The molecule has 0 fully saturated rings. The fourth-order valence-electron chi connectivity index (χ4n) is 5.40. The summed E-state index contributed by atoms with van der Waals surface area (Å²) in [5.41, 5.74) is 4.45. The highest BCUT2D eigenvalue weighted by Crippen LogP contribution is 2.43. The number of nitrogens with two attached hydrogens (primary N) is 1. The first-order chi connectivity index (χ1) is 22.3. The molecule has 0 aliphatic carbocycles. The zero-order valence-electron chi connectivity index (χ0n) is 25.2. The number of aliphatic hydroxyl groups excluding tert-OH is 1. The van der Waals surface area contributed by atoms with Crippen LogP contribution in [0.5, 0.6) is 11.5 Å². The highest BCUT2D eigenvalue weighted by Gasteiger charge is 2.45. The second-order valence-corrected chi connectivity index (χ2v) is 13.3. The largest absolute Gasteiger partial charge is 0.493 e. The summed E-state index contributed by atoms with van der Waals surface area (Å²) in [6, 6.07) is 15.4. The van der Waals surface area contributed by atoms with Crippen LogP contribution in [0.4, 0.5) is 16.2 Å². The number of pyridine rings is 2. The Morgan fingerprint density at radius 3 is 2.65 bits per heavy atom. The van der Waals surface area contributed by atoms with Crippen molar-refractivity contribution in [3.63, 3.8) is 0 Å². The Bertz CT molecular complexity index is 1810. The van der Waals surface area contributed by atoms with Crippen molar-refractivity contribution in [3.8, 4) is 11.5 Å². The molecule has 238 valence electrons. The standard InChI is InChI=1S/C32H31N5O7S2/c1-18(45-46-29-9-7-22(35-41)15-34-29)17-44-32(40)37-25-14-28(43-3)27(42-2)13-23(25)30(38)36-16-21(12-26(36)31(37)39)19-6-8-24-20(11-19)5-4-10-33-24/h4-11,13-16,18,26,31,35,39,41H,12,17H2,1-3H3/p+1/t18-,26+,31+/m1/s1. The van der Waals surface area contributed by atoms with Crippen LogP contribution in [0, 0.1) is 0 Å². The van der Waals surface area contributed by atoms with Gasteiger partial charge in [0.2, 0.25) is 0 Å². The molecule has 2 aliphatic rings. The van der Waals surface area contributed by atoms with E-state index in [1.807, 2.05) is 37.3 Å². The van der Waals surface area contributed by atoms with Crippen molar-refractivity contribution < 1.29 is 39.6 Å². The van der Waals surface area contributed by atoms with E-state index >= 15 is 0 Å². The van der Waals surface area contributed by atoms with Crippen LogP contribution >= 0.6 is 21.6 Å². The summed E-state index contributed by atoms with van der Waals surface area (Å²) in [6.45, 7) is 1.93. The first-order valence-corrected chi connectivity index (χ1v) is 16.6. The molecule has 6 rings (SSSR count). The fourth-order valence-corrected chi connectivity index (χ4v) is 7.26. The van der Waals surface area contributed by atoms with Crippen LogP contribution in [-0.2, 0) is 4.74 Å². The SMILES string of the molecule is COc1cc2c(cc1OC)N(C(=O)OC[C@@H](C)SSc1ccc([NH2+]O)cn1)[C@@H](O)[C@@H]1CC(c3ccc4ncccc4c3)=CN1C2=O. The molecule has 0 radical (unpaired) electrons. The number of fused-ring (bicyclic) bond motifs is 3. The monoisotopic (exact) mass is 662 g/mol. The second kappa shape index (κ2) is 13.6. The second-order valence-electron chi connectivity index (χ2n) is 10.7. The summed E-state index contributed by atoms with van der Waals surface area (Å²) in [4.78, 5) is 39.1. The minimum atomic E-state index is -1.44. The van der Waals surface area contributed by atoms with E-state index in [4.69, 9.17) is 19.4 Å². The van der Waals surface area contributed by atoms with Gasteiger partial charge in [-0.2, -0.15) is 5.48 Å². The average molecular weight is 663 g/mol. The van der Waals surface area contributed by atoms with Crippen LogP contribution in [0.2, 0.25) is 0 Å². The number of methoxy groups -OCH3 is 2. The molecule has 3 atom stereocenters. The van der Waals surface area contributed by atoms with Crippen LogP contribution in [0.15, 0.2) is 78.2 Å². The van der Waals surface area contributed by atoms with E-state index in [0.717, 1.165) is 37.4 Å². The molecular weight excluding hydrogens is 631 g/mol. The Morgan fingerprint density at radius 2 is 1.91 bits per heavy atom. The third-order valence-corrected chi connectivity index (χ3v) is 10.5. The van der Waals surface area contributed by atoms with Gasteiger partial charge in [-0.3, -0.25) is 9.78 Å². The van der Waals surface area contributed by atoms with Gasteiger partial charge in [0.1, 0.15) is 11.6 Å². The topological polar surface area (TPSA) is 151 Å². The van der Waals surface area contributed by atoms with Crippen molar-refractivity contribution in [2.24, 2.45) is 0 Å². The maximum absolute atomic E-state index is 14.1. The van der Waals surface area contributed by atoms with Crippen molar-refractivity contribution in [1.29, 1.82) is 0 Å². The van der Waals surface area contributed by atoms with Gasteiger partial charge in [0.05, 0.1) is 43.2 Å². The van der Waals surface area contributed by atoms with Crippen molar-refractivity contribution in [2.45, 2.75) is 35.9 Å². The van der Waals surface area contributed by atoms with E-state index in [2.05, 4.69) is 9.97 Å². The van der Waals surface area contributed by atoms with Gasteiger partial charge in [-0.05, 0) is 65.6 Å². The molecule has 0 bridgehead atoms. The Balaban J connectivity index is 1.27. The maximum atomic E-state index is 14.1. The van der Waals surface area contributed by atoms with Gasteiger partial charge < -0.3 is 24.2 Å². The van der Waals surface area contributed by atoms with Crippen molar-refractivity contribution in [2.75, 3.05) is 25.7 Å². The van der Waals surface area contributed by atoms with Crippen LogP contribution in [0.1, 0.15) is 29.3 Å². The van der Waals surface area contributed by atoms with Gasteiger partial charge >= 0.3 is 6.09 Å². The zero-order chi connectivity index (χ0) is 32.4. The predicted octanol–water partition coefficient (Wildman–Crippen LogP) is 4.59. The molecule has 2 aromatic carbocycles. The lowest BCUT2D eigenvalue weighted by Crippen LogP contribution is -2.73. The summed E-state index contributed by atoms with van der Waals surface area (Å²) < 4.78 is 16.7. The molecule has 14 heteroatoms. The summed E-state index contributed by atoms with van der Waals surface area (Å²) >= 11 is 0. The molecule has 4 aromatic rings. The Kier molecular flexibility index (Phi) is 9.33. The van der Waals surface area contributed by atoms with E-state index in [9.17, 15) is 14.7 Å². The normalized spacial score (nSPS) is 18.0. The van der Waals surface area contributed by atoms with Gasteiger partial charge in [0, 0.05) is 35.2 Å². The van der Waals surface area contributed by atoms with Gasteiger partial charge in [0.15, 0.2) is 23.4 Å². The van der Waals surface area contributed by atoms with Gasteiger partial charge in [-0.25, -0.2) is 19.9 Å². The molecule has 0 saturated heterocycles. The molecule has 2 aromatic heterocycles. The molecule has 12 nitrogen and oxygen atoms in total. The number of rotatable bonds is 9. The quantitative estimate of drug-likeness (QED) is 0.171. The van der Waals surface area contributed by atoms with Gasteiger partial charge in [0.25, 0.3) is 5.91 Å². The molecule has 46 heavy (non-hydrogen) atoms. The van der Waals surface area contributed by atoms with Crippen LogP contribution in [0.3, 0.4) is 0 Å². The third kappa shape index (κ3) is 6.22. The lowest BCUT2D eigenvalue weighted by Gasteiger charge is -2.32. The number of ether oxygens (including phenoxy) is 3. The summed E-state index contributed by atoms with van der Waals surface area (Å²) in [7, 11) is 5.79. The smallest absolute Gasteiger partial charge is 0.416 e.